The molecule has 3 atom stereocenters. The van der Waals surface area contributed by atoms with Crippen molar-refractivity contribution >= 4 is 0 Å². The molecule has 106 valence electrons. The van der Waals surface area contributed by atoms with Gasteiger partial charge in [-0.25, -0.2) is 0 Å². The maximum atomic E-state index is 6.16. The van der Waals surface area contributed by atoms with Crippen molar-refractivity contribution in [3.05, 3.63) is 0 Å². The van der Waals surface area contributed by atoms with Gasteiger partial charge in [0.2, 0.25) is 0 Å². The lowest BCUT2D eigenvalue weighted by Crippen LogP contribution is -2.37. The normalized spacial score (nSPS) is 33.7. The van der Waals surface area contributed by atoms with Gasteiger partial charge in [0, 0.05) is 18.6 Å². The van der Waals surface area contributed by atoms with E-state index in [1.165, 1.54) is 64.8 Å². The van der Waals surface area contributed by atoms with E-state index in [0.717, 1.165) is 12.0 Å². The van der Waals surface area contributed by atoms with Gasteiger partial charge in [0.15, 0.2) is 0 Å². The fourth-order valence-corrected chi connectivity index (χ4v) is 3.83. The van der Waals surface area contributed by atoms with E-state index in [-0.39, 0.29) is 0 Å². The van der Waals surface area contributed by atoms with E-state index in [4.69, 9.17) is 5.73 Å². The van der Waals surface area contributed by atoms with Crippen LogP contribution in [0.15, 0.2) is 0 Å². The topological polar surface area (TPSA) is 32.5 Å². The standard InChI is InChI=1S/C15H31N3/c1-3-18(4-2)14-9-11-17(12-14)10-8-13-6-5-7-15(13)16/h13-15H,3-12,16H2,1-2H3. The summed E-state index contributed by atoms with van der Waals surface area (Å²) in [6, 6.07) is 1.29. The molecule has 0 radical (unpaired) electrons. The number of likely N-dealkylation sites (tertiary alicyclic amines) is 1. The van der Waals surface area contributed by atoms with Crippen molar-refractivity contribution in [1.29, 1.82) is 0 Å². The lowest BCUT2D eigenvalue weighted by Gasteiger charge is -2.26. The van der Waals surface area contributed by atoms with Crippen LogP contribution >= 0.6 is 0 Å². The maximum Gasteiger partial charge on any atom is 0.0235 e. The number of nitrogens with two attached hydrogens (primary N) is 1. The first-order chi connectivity index (χ1) is 8.74. The van der Waals surface area contributed by atoms with Crippen LogP contribution < -0.4 is 5.73 Å². The van der Waals surface area contributed by atoms with Gasteiger partial charge in [-0.1, -0.05) is 20.3 Å². The summed E-state index contributed by atoms with van der Waals surface area (Å²) in [7, 11) is 0. The van der Waals surface area contributed by atoms with Crippen LogP contribution in [0.1, 0.15) is 46.0 Å². The second kappa shape index (κ2) is 6.88. The van der Waals surface area contributed by atoms with E-state index < -0.39 is 0 Å². The Morgan fingerprint density at radius 1 is 1.17 bits per heavy atom. The Morgan fingerprint density at radius 3 is 2.56 bits per heavy atom. The molecule has 1 aliphatic carbocycles. The minimum absolute atomic E-state index is 0.492. The third kappa shape index (κ3) is 3.46. The molecule has 1 heterocycles. The molecule has 0 spiro atoms. The number of likely N-dealkylation sites (N-methyl/N-ethyl adjacent to an activating group) is 1. The fourth-order valence-electron chi connectivity index (χ4n) is 3.83. The maximum absolute atomic E-state index is 6.16. The molecule has 0 aromatic rings. The molecule has 0 aromatic carbocycles. The zero-order chi connectivity index (χ0) is 13.0. The zero-order valence-electron chi connectivity index (χ0n) is 12.3. The summed E-state index contributed by atoms with van der Waals surface area (Å²) < 4.78 is 0. The highest BCUT2D eigenvalue weighted by molar-refractivity contribution is 4.85. The van der Waals surface area contributed by atoms with E-state index in [9.17, 15) is 0 Å². The summed E-state index contributed by atoms with van der Waals surface area (Å²) >= 11 is 0. The van der Waals surface area contributed by atoms with Crippen LogP contribution in [0, 0.1) is 5.92 Å². The van der Waals surface area contributed by atoms with Crippen molar-refractivity contribution in [3.63, 3.8) is 0 Å². The van der Waals surface area contributed by atoms with Crippen LogP contribution in [0.5, 0.6) is 0 Å². The predicted molar refractivity (Wildman–Crippen MR) is 77.7 cm³/mol. The minimum Gasteiger partial charge on any atom is -0.327 e. The highest BCUT2D eigenvalue weighted by Crippen LogP contribution is 2.27. The molecule has 2 rings (SSSR count). The van der Waals surface area contributed by atoms with Gasteiger partial charge in [-0.2, -0.15) is 0 Å². The van der Waals surface area contributed by atoms with Crippen molar-refractivity contribution in [1.82, 2.24) is 9.80 Å². The summed E-state index contributed by atoms with van der Waals surface area (Å²) in [6.45, 7) is 10.8. The molecule has 18 heavy (non-hydrogen) atoms. The first-order valence-electron chi connectivity index (χ1n) is 7.96. The van der Waals surface area contributed by atoms with Crippen molar-refractivity contribution < 1.29 is 0 Å². The van der Waals surface area contributed by atoms with Gasteiger partial charge in [-0.3, -0.25) is 4.90 Å². The largest absolute Gasteiger partial charge is 0.327 e. The molecule has 1 saturated carbocycles. The SMILES string of the molecule is CCN(CC)C1CCN(CCC2CCCC2N)C1. The average molecular weight is 253 g/mol. The van der Waals surface area contributed by atoms with Crippen LogP contribution in [0.4, 0.5) is 0 Å². The van der Waals surface area contributed by atoms with Gasteiger partial charge < -0.3 is 10.6 Å². The summed E-state index contributed by atoms with van der Waals surface area (Å²) in [6.07, 6.45) is 6.67. The van der Waals surface area contributed by atoms with E-state index in [1.807, 2.05) is 0 Å². The summed E-state index contributed by atoms with van der Waals surface area (Å²) in [5, 5.41) is 0. The molecule has 2 aliphatic rings. The first kappa shape index (κ1) is 14.3. The van der Waals surface area contributed by atoms with Gasteiger partial charge >= 0.3 is 0 Å². The second-order valence-electron chi connectivity index (χ2n) is 6.11. The quantitative estimate of drug-likeness (QED) is 0.785. The van der Waals surface area contributed by atoms with Crippen LogP contribution in [-0.4, -0.2) is 54.6 Å². The van der Waals surface area contributed by atoms with E-state index in [0.29, 0.717) is 6.04 Å². The van der Waals surface area contributed by atoms with Gasteiger partial charge in [0.05, 0.1) is 0 Å². The lowest BCUT2D eigenvalue weighted by atomic mass is 10.0. The van der Waals surface area contributed by atoms with Crippen molar-refractivity contribution in [3.8, 4) is 0 Å². The molecular weight excluding hydrogens is 222 g/mol. The van der Waals surface area contributed by atoms with Crippen LogP contribution in [-0.2, 0) is 0 Å². The van der Waals surface area contributed by atoms with Crippen LogP contribution in [0.2, 0.25) is 0 Å². The van der Waals surface area contributed by atoms with Crippen LogP contribution in [0.3, 0.4) is 0 Å². The summed E-state index contributed by atoms with van der Waals surface area (Å²) in [5.41, 5.74) is 6.16. The Labute approximate surface area is 113 Å². The number of hydrogen-bond donors (Lipinski definition) is 1. The molecular formula is C15H31N3. The van der Waals surface area contributed by atoms with Gasteiger partial charge in [-0.15, -0.1) is 0 Å². The van der Waals surface area contributed by atoms with Gasteiger partial charge in [0.1, 0.15) is 0 Å². The fraction of sp³-hybridized carbons (Fsp3) is 1.00. The molecule has 2 fully saturated rings. The Hall–Kier alpha value is -0.120. The van der Waals surface area contributed by atoms with Crippen molar-refractivity contribution in [2.75, 3.05) is 32.7 Å². The Morgan fingerprint density at radius 2 is 1.94 bits per heavy atom. The molecule has 2 N–H and O–H groups in total. The molecule has 0 amide bonds. The minimum atomic E-state index is 0.492. The number of nitrogens with zero attached hydrogens (tertiary/aromatic N) is 2. The molecule has 3 unspecified atom stereocenters. The van der Waals surface area contributed by atoms with E-state index in [1.54, 1.807) is 0 Å². The van der Waals surface area contributed by atoms with Crippen LogP contribution in [0.25, 0.3) is 0 Å². The Bertz CT molecular complexity index is 240. The molecule has 0 aromatic heterocycles. The highest BCUT2D eigenvalue weighted by atomic mass is 15.2. The Balaban J connectivity index is 1.69. The van der Waals surface area contributed by atoms with Gasteiger partial charge in [0.25, 0.3) is 0 Å². The predicted octanol–water partition coefficient (Wildman–Crippen LogP) is 1.92. The summed E-state index contributed by atoms with van der Waals surface area (Å²) in [4.78, 5) is 5.27. The summed E-state index contributed by atoms with van der Waals surface area (Å²) in [5.74, 6) is 0.803. The lowest BCUT2D eigenvalue weighted by molar-refractivity contribution is 0.206. The Kier molecular flexibility index (Phi) is 5.46. The van der Waals surface area contributed by atoms with E-state index in [2.05, 4.69) is 23.6 Å². The first-order valence-corrected chi connectivity index (χ1v) is 7.96. The molecule has 1 saturated heterocycles. The molecule has 3 nitrogen and oxygen atoms in total. The van der Waals surface area contributed by atoms with Gasteiger partial charge in [-0.05, 0) is 57.8 Å². The highest BCUT2D eigenvalue weighted by Gasteiger charge is 2.28. The van der Waals surface area contributed by atoms with Crippen molar-refractivity contribution in [2.45, 2.75) is 58.0 Å². The zero-order valence-corrected chi connectivity index (χ0v) is 12.3. The molecule has 1 aliphatic heterocycles. The monoisotopic (exact) mass is 253 g/mol. The number of hydrogen-bond acceptors (Lipinski definition) is 3. The third-order valence-corrected chi connectivity index (χ3v) is 5.11. The second-order valence-corrected chi connectivity index (χ2v) is 6.11. The molecule has 3 heteroatoms. The smallest absolute Gasteiger partial charge is 0.0235 e. The molecule has 0 bridgehead atoms. The van der Waals surface area contributed by atoms with Crippen molar-refractivity contribution in [2.24, 2.45) is 11.7 Å². The average Bonchev–Trinajstić information content (AvgIpc) is 2.98. The number of rotatable bonds is 6. The third-order valence-electron chi connectivity index (χ3n) is 5.11. The van der Waals surface area contributed by atoms with E-state index >= 15 is 0 Å².